The summed E-state index contributed by atoms with van der Waals surface area (Å²) in [6.45, 7) is 5.75. The molecule has 0 radical (unpaired) electrons. The topological polar surface area (TPSA) is 35.8 Å². The maximum Gasteiger partial charge on any atom is 0.179 e. The molecule has 1 aliphatic heterocycles. The lowest BCUT2D eigenvalue weighted by atomic mass is 9.97. The number of imidazole rings is 1. The van der Waals surface area contributed by atoms with Crippen molar-refractivity contribution in [2.24, 2.45) is 0 Å². The Labute approximate surface area is 113 Å². The van der Waals surface area contributed by atoms with Crippen molar-refractivity contribution in [1.29, 1.82) is 0 Å². The Morgan fingerprint density at radius 2 is 2.16 bits per heavy atom. The maximum absolute atomic E-state index is 5.82. The molecule has 1 saturated heterocycles. The van der Waals surface area contributed by atoms with E-state index in [1.165, 1.54) is 0 Å². The van der Waals surface area contributed by atoms with Crippen LogP contribution in [0.2, 0.25) is 0 Å². The predicted molar refractivity (Wildman–Crippen MR) is 73.8 cm³/mol. The third kappa shape index (κ3) is 2.59. The molecule has 0 N–H and O–H groups in total. The quantitative estimate of drug-likeness (QED) is 0.851. The van der Waals surface area contributed by atoms with Gasteiger partial charge in [0.1, 0.15) is 0 Å². The maximum atomic E-state index is 5.82. The van der Waals surface area contributed by atoms with Crippen LogP contribution in [-0.4, -0.2) is 28.7 Å². The molecule has 0 spiro atoms. The lowest BCUT2D eigenvalue weighted by Crippen LogP contribution is -2.14. The van der Waals surface area contributed by atoms with Gasteiger partial charge in [0.25, 0.3) is 0 Å². The minimum atomic E-state index is 0.162. The lowest BCUT2D eigenvalue weighted by molar-refractivity contribution is 0.0846. The zero-order chi connectivity index (χ0) is 13.2. The average Bonchev–Trinajstić information content (AvgIpc) is 2.84. The van der Waals surface area contributed by atoms with Crippen molar-refractivity contribution in [3.63, 3.8) is 0 Å². The molecule has 3 rings (SSSR count). The molecule has 102 valence electrons. The third-order valence-corrected chi connectivity index (χ3v) is 3.47. The number of fused-ring (bicyclic) bond motifs is 1. The molecule has 4 heteroatoms. The summed E-state index contributed by atoms with van der Waals surface area (Å²) in [5, 5.41) is 0. The molecule has 0 aromatic carbocycles. The summed E-state index contributed by atoms with van der Waals surface area (Å²) in [4.78, 5) is 4.77. The highest BCUT2D eigenvalue weighted by atomic mass is 16.5. The van der Waals surface area contributed by atoms with Gasteiger partial charge >= 0.3 is 0 Å². The first-order valence-corrected chi connectivity index (χ1v) is 6.96. The largest absolute Gasteiger partial charge is 0.487 e. The van der Waals surface area contributed by atoms with E-state index in [1.54, 1.807) is 0 Å². The Kier molecular flexibility index (Phi) is 3.42. The second-order valence-electron chi connectivity index (χ2n) is 5.32. The molecule has 0 unspecified atom stereocenters. The number of nitrogens with zero attached hydrogens (tertiary/aromatic N) is 2. The van der Waals surface area contributed by atoms with Gasteiger partial charge < -0.3 is 13.9 Å². The molecule has 4 nitrogen and oxygen atoms in total. The molecule has 3 heterocycles. The van der Waals surface area contributed by atoms with E-state index in [4.69, 9.17) is 14.5 Å². The van der Waals surface area contributed by atoms with Crippen molar-refractivity contribution < 1.29 is 9.47 Å². The number of pyridine rings is 1. The lowest BCUT2D eigenvalue weighted by Gasteiger charge is -2.19. The Balaban J connectivity index is 1.95. The van der Waals surface area contributed by atoms with Crippen LogP contribution >= 0.6 is 0 Å². The van der Waals surface area contributed by atoms with E-state index in [0.717, 1.165) is 43.1 Å². The summed E-state index contributed by atoms with van der Waals surface area (Å²) in [6.07, 6.45) is 6.43. The van der Waals surface area contributed by atoms with Crippen molar-refractivity contribution in [3.8, 4) is 5.75 Å². The Morgan fingerprint density at radius 3 is 2.89 bits per heavy atom. The molecule has 19 heavy (non-hydrogen) atoms. The van der Waals surface area contributed by atoms with Gasteiger partial charge in [-0.15, -0.1) is 0 Å². The standard InChI is InChI=1S/C15H20N2O2/c1-11(2)19-14-4-3-7-17-10-13(16-15(14)17)12-5-8-18-9-6-12/h3-4,7,10-12H,5-6,8-9H2,1-2H3. The SMILES string of the molecule is CC(C)Oc1cccn2cc(C3CCOCC3)nc12. The molecule has 1 aliphatic rings. The summed E-state index contributed by atoms with van der Waals surface area (Å²) < 4.78 is 13.3. The predicted octanol–water partition coefficient (Wildman–Crippen LogP) is 3.02. The Hall–Kier alpha value is -1.55. The molecule has 0 amide bonds. The Bertz CT molecular complexity index is 556. The van der Waals surface area contributed by atoms with Crippen LogP contribution < -0.4 is 4.74 Å². The zero-order valence-electron chi connectivity index (χ0n) is 11.5. The van der Waals surface area contributed by atoms with E-state index in [-0.39, 0.29) is 6.10 Å². The summed E-state index contributed by atoms with van der Waals surface area (Å²) in [7, 11) is 0. The fraction of sp³-hybridized carbons (Fsp3) is 0.533. The third-order valence-electron chi connectivity index (χ3n) is 3.47. The van der Waals surface area contributed by atoms with Crippen molar-refractivity contribution in [1.82, 2.24) is 9.38 Å². The smallest absolute Gasteiger partial charge is 0.179 e. The number of ether oxygens (including phenoxy) is 2. The highest BCUT2D eigenvalue weighted by Gasteiger charge is 2.19. The molecule has 0 bridgehead atoms. The van der Waals surface area contributed by atoms with Gasteiger partial charge in [-0.05, 0) is 38.8 Å². The van der Waals surface area contributed by atoms with Crippen LogP contribution in [0.4, 0.5) is 0 Å². The van der Waals surface area contributed by atoms with Crippen molar-refractivity contribution in [3.05, 3.63) is 30.2 Å². The van der Waals surface area contributed by atoms with Crippen LogP contribution in [0.25, 0.3) is 5.65 Å². The first-order valence-electron chi connectivity index (χ1n) is 6.96. The van der Waals surface area contributed by atoms with Gasteiger partial charge in [-0.1, -0.05) is 0 Å². The Morgan fingerprint density at radius 1 is 1.37 bits per heavy atom. The fourth-order valence-electron chi connectivity index (χ4n) is 2.54. The van der Waals surface area contributed by atoms with Gasteiger partial charge in [0.05, 0.1) is 11.8 Å². The van der Waals surface area contributed by atoms with Crippen molar-refractivity contribution in [2.45, 2.75) is 38.7 Å². The van der Waals surface area contributed by atoms with E-state index in [0.29, 0.717) is 5.92 Å². The van der Waals surface area contributed by atoms with Gasteiger partial charge in [-0.2, -0.15) is 0 Å². The van der Waals surface area contributed by atoms with E-state index in [9.17, 15) is 0 Å². The van der Waals surface area contributed by atoms with Crippen LogP contribution in [0.5, 0.6) is 5.75 Å². The summed E-state index contributed by atoms with van der Waals surface area (Å²) in [6, 6.07) is 3.98. The van der Waals surface area contributed by atoms with Crippen LogP contribution in [0.15, 0.2) is 24.5 Å². The van der Waals surface area contributed by atoms with E-state index in [1.807, 2.05) is 32.2 Å². The summed E-state index contributed by atoms with van der Waals surface area (Å²) >= 11 is 0. The monoisotopic (exact) mass is 260 g/mol. The zero-order valence-corrected chi connectivity index (χ0v) is 11.5. The number of aromatic nitrogens is 2. The van der Waals surface area contributed by atoms with Crippen LogP contribution in [0, 0.1) is 0 Å². The average molecular weight is 260 g/mol. The van der Waals surface area contributed by atoms with E-state index >= 15 is 0 Å². The van der Waals surface area contributed by atoms with Crippen molar-refractivity contribution >= 4 is 5.65 Å². The van der Waals surface area contributed by atoms with Crippen LogP contribution in [-0.2, 0) is 4.74 Å². The first-order chi connectivity index (χ1) is 9.24. The van der Waals surface area contributed by atoms with Gasteiger partial charge in [0.2, 0.25) is 0 Å². The van der Waals surface area contributed by atoms with Gasteiger partial charge in [0.15, 0.2) is 11.4 Å². The summed E-state index contributed by atoms with van der Waals surface area (Å²) in [5.41, 5.74) is 2.07. The highest BCUT2D eigenvalue weighted by Crippen LogP contribution is 2.28. The van der Waals surface area contributed by atoms with Crippen LogP contribution in [0.3, 0.4) is 0 Å². The number of hydrogen-bond acceptors (Lipinski definition) is 3. The van der Waals surface area contributed by atoms with E-state index < -0.39 is 0 Å². The molecule has 1 fully saturated rings. The van der Waals surface area contributed by atoms with Gasteiger partial charge in [-0.25, -0.2) is 4.98 Å². The summed E-state index contributed by atoms with van der Waals surface area (Å²) in [5.74, 6) is 1.37. The molecule has 0 aliphatic carbocycles. The fourth-order valence-corrected chi connectivity index (χ4v) is 2.54. The minimum Gasteiger partial charge on any atom is -0.487 e. The molecule has 2 aromatic rings. The minimum absolute atomic E-state index is 0.162. The second kappa shape index (κ2) is 5.21. The molecule has 2 aromatic heterocycles. The molecule has 0 saturated carbocycles. The molecular formula is C15H20N2O2. The second-order valence-corrected chi connectivity index (χ2v) is 5.32. The van der Waals surface area contributed by atoms with Gasteiger partial charge in [0, 0.05) is 31.5 Å². The highest BCUT2D eigenvalue weighted by molar-refractivity contribution is 5.54. The number of rotatable bonds is 3. The molecular weight excluding hydrogens is 240 g/mol. The van der Waals surface area contributed by atoms with Gasteiger partial charge in [-0.3, -0.25) is 0 Å². The number of hydrogen-bond donors (Lipinski definition) is 0. The van der Waals surface area contributed by atoms with Crippen LogP contribution in [0.1, 0.15) is 38.3 Å². The molecule has 0 atom stereocenters. The normalized spacial score (nSPS) is 17.2. The van der Waals surface area contributed by atoms with E-state index in [2.05, 4.69) is 10.6 Å². The van der Waals surface area contributed by atoms with Crippen molar-refractivity contribution in [2.75, 3.05) is 13.2 Å². The first kappa shape index (κ1) is 12.5.